The fourth-order valence-corrected chi connectivity index (χ4v) is 3.86. The fourth-order valence-electron chi connectivity index (χ4n) is 3.86. The fraction of sp³-hybridized carbons (Fsp3) is 0.381. The van der Waals surface area contributed by atoms with Gasteiger partial charge in [0.25, 0.3) is 0 Å². The van der Waals surface area contributed by atoms with Gasteiger partial charge in [-0.1, -0.05) is 30.3 Å². The van der Waals surface area contributed by atoms with Crippen molar-refractivity contribution < 1.29 is 18.0 Å². The Morgan fingerprint density at radius 3 is 2.38 bits per heavy atom. The SMILES string of the molecule is O=C(C1CCN(c2ccc(C(F)(F)F)cn2)CC1)N1N=CCC1c1ccccc1. The van der Waals surface area contributed by atoms with E-state index in [1.807, 2.05) is 35.2 Å². The molecule has 29 heavy (non-hydrogen) atoms. The minimum absolute atomic E-state index is 0.00707. The van der Waals surface area contributed by atoms with Crippen molar-refractivity contribution in [3.05, 3.63) is 59.8 Å². The number of halogens is 3. The van der Waals surface area contributed by atoms with E-state index in [4.69, 9.17) is 0 Å². The van der Waals surface area contributed by atoms with Gasteiger partial charge in [0.1, 0.15) is 5.82 Å². The average molecular weight is 402 g/mol. The molecule has 1 saturated heterocycles. The molecule has 1 atom stereocenters. The lowest BCUT2D eigenvalue weighted by Crippen LogP contribution is -2.41. The van der Waals surface area contributed by atoms with Crippen molar-refractivity contribution in [2.45, 2.75) is 31.5 Å². The van der Waals surface area contributed by atoms with Crippen molar-refractivity contribution >= 4 is 17.9 Å². The largest absolute Gasteiger partial charge is 0.417 e. The minimum atomic E-state index is -4.39. The molecule has 4 rings (SSSR count). The number of alkyl halides is 3. The van der Waals surface area contributed by atoms with E-state index in [1.165, 1.54) is 6.07 Å². The van der Waals surface area contributed by atoms with E-state index in [0.29, 0.717) is 38.2 Å². The number of pyridine rings is 1. The van der Waals surface area contributed by atoms with Gasteiger partial charge in [-0.25, -0.2) is 9.99 Å². The van der Waals surface area contributed by atoms with Crippen LogP contribution in [0.15, 0.2) is 53.8 Å². The van der Waals surface area contributed by atoms with Crippen LogP contribution >= 0.6 is 0 Å². The molecule has 2 aliphatic rings. The lowest BCUT2D eigenvalue weighted by Gasteiger charge is -2.34. The van der Waals surface area contributed by atoms with Crippen LogP contribution in [0.4, 0.5) is 19.0 Å². The Bertz CT molecular complexity index is 875. The van der Waals surface area contributed by atoms with E-state index in [0.717, 1.165) is 17.8 Å². The summed E-state index contributed by atoms with van der Waals surface area (Å²) in [5.74, 6) is 0.361. The van der Waals surface area contributed by atoms with Crippen LogP contribution in [0.5, 0.6) is 0 Å². The topological polar surface area (TPSA) is 48.8 Å². The number of nitrogens with zero attached hydrogens (tertiary/aromatic N) is 4. The molecule has 1 aromatic carbocycles. The van der Waals surface area contributed by atoms with E-state index >= 15 is 0 Å². The maximum atomic E-state index is 13.0. The Kier molecular flexibility index (Phi) is 5.25. The molecule has 0 radical (unpaired) electrons. The number of amides is 1. The molecule has 1 unspecified atom stereocenters. The van der Waals surface area contributed by atoms with Crippen LogP contribution < -0.4 is 4.90 Å². The number of hydrogen-bond donors (Lipinski definition) is 0. The number of rotatable bonds is 3. The van der Waals surface area contributed by atoms with Crippen LogP contribution in [0.25, 0.3) is 0 Å². The first-order valence-corrected chi connectivity index (χ1v) is 9.62. The molecule has 0 spiro atoms. The highest BCUT2D eigenvalue weighted by atomic mass is 19.4. The highest BCUT2D eigenvalue weighted by molar-refractivity contribution is 5.82. The van der Waals surface area contributed by atoms with Crippen LogP contribution in [0, 0.1) is 5.92 Å². The van der Waals surface area contributed by atoms with Crippen molar-refractivity contribution in [2.75, 3.05) is 18.0 Å². The van der Waals surface area contributed by atoms with Crippen molar-refractivity contribution in [2.24, 2.45) is 11.0 Å². The summed E-state index contributed by atoms with van der Waals surface area (Å²) in [6.07, 6.45) is 0.178. The Balaban J connectivity index is 1.38. The molecule has 0 bridgehead atoms. The van der Waals surface area contributed by atoms with E-state index < -0.39 is 11.7 Å². The number of carbonyl (C=O) groups excluding carboxylic acids is 1. The summed E-state index contributed by atoms with van der Waals surface area (Å²) in [6, 6.07) is 12.2. The van der Waals surface area contributed by atoms with E-state index in [-0.39, 0.29) is 17.9 Å². The van der Waals surface area contributed by atoms with Crippen LogP contribution in [-0.4, -0.2) is 35.2 Å². The van der Waals surface area contributed by atoms with E-state index in [1.54, 1.807) is 11.2 Å². The lowest BCUT2D eigenvalue weighted by molar-refractivity contribution is -0.138. The number of carbonyl (C=O) groups is 1. The second-order valence-electron chi connectivity index (χ2n) is 7.31. The third-order valence-electron chi connectivity index (χ3n) is 5.48. The third kappa shape index (κ3) is 4.11. The zero-order valence-corrected chi connectivity index (χ0v) is 15.7. The maximum absolute atomic E-state index is 13.0. The second kappa shape index (κ2) is 7.85. The predicted molar refractivity (Wildman–Crippen MR) is 103 cm³/mol. The first-order valence-electron chi connectivity index (χ1n) is 9.62. The molecule has 1 aromatic heterocycles. The molecular formula is C21H21F3N4O. The monoisotopic (exact) mass is 402 g/mol. The van der Waals surface area contributed by atoms with Crippen molar-refractivity contribution in [3.63, 3.8) is 0 Å². The molecule has 5 nitrogen and oxygen atoms in total. The van der Waals surface area contributed by atoms with Gasteiger partial charge in [-0.2, -0.15) is 18.3 Å². The van der Waals surface area contributed by atoms with Gasteiger partial charge in [0, 0.05) is 37.8 Å². The predicted octanol–water partition coefficient (Wildman–Crippen LogP) is 4.28. The van der Waals surface area contributed by atoms with Gasteiger partial charge in [-0.3, -0.25) is 4.79 Å². The first-order chi connectivity index (χ1) is 13.9. The first kappa shape index (κ1) is 19.4. The van der Waals surface area contributed by atoms with Crippen LogP contribution in [0.2, 0.25) is 0 Å². The van der Waals surface area contributed by atoms with Crippen molar-refractivity contribution in [1.29, 1.82) is 0 Å². The molecule has 8 heteroatoms. The third-order valence-corrected chi connectivity index (χ3v) is 5.48. The molecule has 1 amide bonds. The Morgan fingerprint density at radius 1 is 1.03 bits per heavy atom. The molecule has 3 heterocycles. The normalized spacial score (nSPS) is 20.3. The van der Waals surface area contributed by atoms with Gasteiger partial charge in [0.05, 0.1) is 11.6 Å². The van der Waals surface area contributed by atoms with Crippen LogP contribution in [0.3, 0.4) is 0 Å². The molecule has 0 N–H and O–H groups in total. The highest BCUT2D eigenvalue weighted by Crippen LogP contribution is 2.33. The van der Waals surface area contributed by atoms with Crippen LogP contribution in [-0.2, 0) is 11.0 Å². The number of hydrazone groups is 1. The molecule has 1 fully saturated rings. The maximum Gasteiger partial charge on any atom is 0.417 e. The van der Waals surface area contributed by atoms with Gasteiger partial charge in [-0.15, -0.1) is 0 Å². The van der Waals surface area contributed by atoms with Crippen LogP contribution in [0.1, 0.15) is 36.4 Å². The second-order valence-corrected chi connectivity index (χ2v) is 7.31. The van der Waals surface area contributed by atoms with Gasteiger partial charge in [-0.05, 0) is 30.5 Å². The Hall–Kier alpha value is -2.90. The number of hydrogen-bond acceptors (Lipinski definition) is 4. The summed E-state index contributed by atoms with van der Waals surface area (Å²) >= 11 is 0. The smallest absolute Gasteiger partial charge is 0.357 e. The van der Waals surface area contributed by atoms with Crippen molar-refractivity contribution in [1.82, 2.24) is 9.99 Å². The molecule has 0 aliphatic carbocycles. The Morgan fingerprint density at radius 2 is 1.76 bits per heavy atom. The summed E-state index contributed by atoms with van der Waals surface area (Å²) in [5.41, 5.74) is 0.301. The zero-order chi connectivity index (χ0) is 20.4. The molecule has 2 aromatic rings. The van der Waals surface area contributed by atoms with Crippen molar-refractivity contribution in [3.8, 4) is 0 Å². The minimum Gasteiger partial charge on any atom is -0.357 e. The quantitative estimate of drug-likeness (QED) is 0.770. The summed E-state index contributed by atoms with van der Waals surface area (Å²) in [7, 11) is 0. The standard InChI is InChI=1S/C21H21F3N4O/c22-21(23,24)17-6-7-19(25-14-17)27-12-9-16(10-13-27)20(29)28-18(8-11-26-28)15-4-2-1-3-5-15/h1-7,11,14,16,18H,8-10,12-13H2. The lowest BCUT2D eigenvalue weighted by atomic mass is 9.94. The number of piperidine rings is 1. The molecule has 2 aliphatic heterocycles. The highest BCUT2D eigenvalue weighted by Gasteiger charge is 2.35. The zero-order valence-electron chi connectivity index (χ0n) is 15.7. The van der Waals surface area contributed by atoms with E-state index in [9.17, 15) is 18.0 Å². The van der Waals surface area contributed by atoms with Gasteiger partial charge >= 0.3 is 6.18 Å². The summed E-state index contributed by atoms with van der Waals surface area (Å²) in [5, 5.41) is 5.89. The summed E-state index contributed by atoms with van der Waals surface area (Å²) in [4.78, 5) is 18.9. The average Bonchev–Trinajstić information content (AvgIpc) is 3.23. The summed E-state index contributed by atoms with van der Waals surface area (Å²) in [6.45, 7) is 1.14. The summed E-state index contributed by atoms with van der Waals surface area (Å²) < 4.78 is 38.1. The molecular weight excluding hydrogens is 381 g/mol. The molecule has 0 saturated carbocycles. The van der Waals surface area contributed by atoms with Gasteiger partial charge < -0.3 is 4.90 Å². The van der Waals surface area contributed by atoms with Gasteiger partial charge in [0.2, 0.25) is 5.91 Å². The number of aromatic nitrogens is 1. The number of anilines is 1. The number of benzene rings is 1. The Labute approximate surface area is 166 Å². The van der Waals surface area contributed by atoms with E-state index in [2.05, 4.69) is 10.1 Å². The van der Waals surface area contributed by atoms with Gasteiger partial charge in [0.15, 0.2) is 0 Å². The molecule has 152 valence electrons.